The van der Waals surface area contributed by atoms with E-state index in [1.54, 1.807) is 37.3 Å². The molecule has 3 aromatic carbocycles. The van der Waals surface area contributed by atoms with E-state index in [2.05, 4.69) is 4.57 Å². The number of benzene rings is 3. The minimum absolute atomic E-state index is 0.0134. The van der Waals surface area contributed by atoms with Crippen LogP contribution < -0.4 is 19.1 Å². The zero-order chi connectivity index (χ0) is 24.4. The van der Waals surface area contributed by atoms with Gasteiger partial charge in [-0.25, -0.2) is 4.98 Å². The largest absolute Gasteiger partial charge is 0.495 e. The number of hydrogen-bond acceptors (Lipinski definition) is 5. The van der Waals surface area contributed by atoms with E-state index in [-0.39, 0.29) is 11.8 Å². The van der Waals surface area contributed by atoms with E-state index in [0.29, 0.717) is 54.1 Å². The van der Waals surface area contributed by atoms with Gasteiger partial charge in [0, 0.05) is 23.9 Å². The van der Waals surface area contributed by atoms with Crippen molar-refractivity contribution in [3.63, 3.8) is 0 Å². The second-order valence-electron chi connectivity index (χ2n) is 8.33. The van der Waals surface area contributed by atoms with Crippen LogP contribution in [-0.2, 0) is 11.3 Å². The van der Waals surface area contributed by atoms with Crippen molar-refractivity contribution in [3.8, 4) is 17.2 Å². The lowest BCUT2D eigenvalue weighted by Gasteiger charge is -2.20. The molecular weight excluding hydrogens is 466 g/mol. The monoisotopic (exact) mass is 491 g/mol. The van der Waals surface area contributed by atoms with Crippen molar-refractivity contribution >= 4 is 34.2 Å². The van der Waals surface area contributed by atoms with Crippen molar-refractivity contribution in [1.82, 2.24) is 9.55 Å². The Kier molecular flexibility index (Phi) is 6.51. The number of carbonyl (C=O) groups excluding carboxylic acids is 1. The van der Waals surface area contributed by atoms with E-state index in [0.717, 1.165) is 16.9 Å². The minimum atomic E-state index is -0.0788. The second-order valence-corrected chi connectivity index (χ2v) is 8.77. The summed E-state index contributed by atoms with van der Waals surface area (Å²) in [5.41, 5.74) is 2.58. The fraction of sp³-hybridized carbons (Fsp3) is 0.259. The lowest BCUT2D eigenvalue weighted by atomic mass is 10.1. The van der Waals surface area contributed by atoms with Gasteiger partial charge in [0.15, 0.2) is 11.5 Å². The van der Waals surface area contributed by atoms with Gasteiger partial charge in [0.1, 0.15) is 18.2 Å². The number of fused-ring (bicyclic) bond motifs is 1. The van der Waals surface area contributed by atoms with Gasteiger partial charge < -0.3 is 23.7 Å². The lowest BCUT2D eigenvalue weighted by molar-refractivity contribution is -0.117. The highest BCUT2D eigenvalue weighted by Gasteiger charge is 2.36. The average Bonchev–Trinajstić information content (AvgIpc) is 3.44. The summed E-state index contributed by atoms with van der Waals surface area (Å²) in [4.78, 5) is 19.7. The quantitative estimate of drug-likeness (QED) is 0.334. The maximum absolute atomic E-state index is 13.1. The van der Waals surface area contributed by atoms with E-state index in [4.69, 9.17) is 30.8 Å². The van der Waals surface area contributed by atoms with Crippen LogP contribution in [0, 0.1) is 0 Å². The summed E-state index contributed by atoms with van der Waals surface area (Å²) in [6, 6.07) is 20.9. The first-order chi connectivity index (χ1) is 17.1. The molecule has 0 radical (unpaired) electrons. The Bertz CT molecular complexity index is 1370. The molecule has 7 nitrogen and oxygen atoms in total. The predicted molar refractivity (Wildman–Crippen MR) is 136 cm³/mol. The standard InChI is InChI=1S/C27H26ClN3O4/c1-33-23-12-11-19(28)16-22(23)31-17-18(15-26(31)32)27-29-20-7-3-4-8-21(20)30(27)13-14-35-25-10-6-5-9-24(25)34-2/h3-12,16,18H,13-15,17H2,1-2H3. The Morgan fingerprint density at radius 2 is 1.71 bits per heavy atom. The van der Waals surface area contributed by atoms with E-state index < -0.39 is 0 Å². The van der Waals surface area contributed by atoms with Gasteiger partial charge in [-0.3, -0.25) is 4.79 Å². The molecule has 1 fully saturated rings. The summed E-state index contributed by atoms with van der Waals surface area (Å²) in [7, 11) is 3.22. The van der Waals surface area contributed by atoms with Gasteiger partial charge in [-0.1, -0.05) is 35.9 Å². The number of halogens is 1. The number of anilines is 1. The zero-order valence-electron chi connectivity index (χ0n) is 19.6. The van der Waals surface area contributed by atoms with E-state index in [1.807, 2.05) is 48.5 Å². The maximum atomic E-state index is 13.1. The molecule has 1 atom stereocenters. The third-order valence-corrected chi connectivity index (χ3v) is 6.48. The Morgan fingerprint density at radius 3 is 2.51 bits per heavy atom. The van der Waals surface area contributed by atoms with Crippen LogP contribution in [0.3, 0.4) is 0 Å². The SMILES string of the molecule is COc1ccccc1OCCn1c(C2CC(=O)N(c3cc(Cl)ccc3OC)C2)nc2ccccc21. The summed E-state index contributed by atoms with van der Waals surface area (Å²) in [6.07, 6.45) is 0.354. The van der Waals surface area contributed by atoms with Crippen LogP contribution >= 0.6 is 11.6 Å². The molecule has 1 amide bonds. The number of rotatable bonds is 8. The van der Waals surface area contributed by atoms with Gasteiger partial charge in [0.05, 0.1) is 37.5 Å². The molecule has 0 N–H and O–H groups in total. The number of ether oxygens (including phenoxy) is 3. The topological polar surface area (TPSA) is 65.8 Å². The van der Waals surface area contributed by atoms with E-state index >= 15 is 0 Å². The first kappa shape index (κ1) is 23.1. The molecule has 2 heterocycles. The van der Waals surface area contributed by atoms with Crippen LogP contribution in [0.15, 0.2) is 66.7 Å². The Hall–Kier alpha value is -3.71. The average molecular weight is 492 g/mol. The number of nitrogens with zero attached hydrogens (tertiary/aromatic N) is 3. The Labute approximate surface area is 208 Å². The molecule has 1 saturated heterocycles. The number of carbonyl (C=O) groups is 1. The van der Waals surface area contributed by atoms with Crippen molar-refractivity contribution in [3.05, 3.63) is 77.6 Å². The molecule has 1 aliphatic heterocycles. The first-order valence-electron chi connectivity index (χ1n) is 11.4. The number of hydrogen-bond donors (Lipinski definition) is 0. The number of imidazole rings is 1. The summed E-state index contributed by atoms with van der Waals surface area (Å²) in [5, 5.41) is 0.553. The fourth-order valence-electron chi connectivity index (χ4n) is 4.61. The van der Waals surface area contributed by atoms with Crippen LogP contribution in [0.4, 0.5) is 5.69 Å². The van der Waals surface area contributed by atoms with Gasteiger partial charge >= 0.3 is 0 Å². The molecule has 0 bridgehead atoms. The minimum Gasteiger partial charge on any atom is -0.495 e. The van der Waals surface area contributed by atoms with Crippen LogP contribution in [0.2, 0.25) is 5.02 Å². The number of amides is 1. The van der Waals surface area contributed by atoms with Gasteiger partial charge in [0.25, 0.3) is 0 Å². The van der Waals surface area contributed by atoms with Crippen molar-refractivity contribution in [2.24, 2.45) is 0 Å². The van der Waals surface area contributed by atoms with Crippen molar-refractivity contribution in [1.29, 1.82) is 0 Å². The summed E-state index contributed by atoms with van der Waals surface area (Å²) in [6.45, 7) is 1.51. The molecule has 8 heteroatoms. The van der Waals surface area contributed by atoms with E-state index in [9.17, 15) is 4.79 Å². The van der Waals surface area contributed by atoms with Crippen LogP contribution in [0.1, 0.15) is 18.2 Å². The molecule has 1 aromatic heterocycles. The highest BCUT2D eigenvalue weighted by molar-refractivity contribution is 6.31. The van der Waals surface area contributed by atoms with E-state index in [1.165, 1.54) is 0 Å². The summed E-state index contributed by atoms with van der Waals surface area (Å²) >= 11 is 6.23. The third kappa shape index (κ3) is 4.51. The van der Waals surface area contributed by atoms with Gasteiger partial charge in [-0.2, -0.15) is 0 Å². The smallest absolute Gasteiger partial charge is 0.227 e. The third-order valence-electron chi connectivity index (χ3n) is 6.25. The second kappa shape index (κ2) is 9.88. The number of para-hydroxylation sites is 4. The number of aromatic nitrogens is 2. The Morgan fingerprint density at radius 1 is 0.971 bits per heavy atom. The highest BCUT2D eigenvalue weighted by atomic mass is 35.5. The normalized spacial score (nSPS) is 15.6. The molecule has 0 saturated carbocycles. The fourth-order valence-corrected chi connectivity index (χ4v) is 4.78. The van der Waals surface area contributed by atoms with Crippen LogP contribution in [0.5, 0.6) is 17.2 Å². The maximum Gasteiger partial charge on any atom is 0.227 e. The molecule has 0 aliphatic carbocycles. The van der Waals surface area contributed by atoms with Crippen LogP contribution in [0.25, 0.3) is 11.0 Å². The highest BCUT2D eigenvalue weighted by Crippen LogP contribution is 2.38. The molecule has 4 aromatic rings. The summed E-state index contributed by atoms with van der Waals surface area (Å²) in [5.74, 6) is 2.80. The molecule has 180 valence electrons. The van der Waals surface area contributed by atoms with Crippen molar-refractivity contribution in [2.75, 3.05) is 32.3 Å². The van der Waals surface area contributed by atoms with Gasteiger partial charge in [0.2, 0.25) is 5.91 Å². The Balaban J connectivity index is 1.42. The molecule has 35 heavy (non-hydrogen) atoms. The first-order valence-corrected chi connectivity index (χ1v) is 11.8. The van der Waals surface area contributed by atoms with Gasteiger partial charge in [-0.15, -0.1) is 0 Å². The summed E-state index contributed by atoms with van der Waals surface area (Å²) < 4.78 is 19.1. The predicted octanol–water partition coefficient (Wildman–Crippen LogP) is 5.31. The molecule has 5 rings (SSSR count). The van der Waals surface area contributed by atoms with Crippen LogP contribution in [-0.4, -0.2) is 42.8 Å². The van der Waals surface area contributed by atoms with Crippen molar-refractivity contribution in [2.45, 2.75) is 18.9 Å². The zero-order valence-corrected chi connectivity index (χ0v) is 20.4. The lowest BCUT2D eigenvalue weighted by Crippen LogP contribution is -2.25. The number of methoxy groups -OCH3 is 2. The molecular formula is C27H26ClN3O4. The molecule has 1 aliphatic rings. The molecule has 1 unspecified atom stereocenters. The van der Waals surface area contributed by atoms with Crippen molar-refractivity contribution < 1.29 is 19.0 Å². The van der Waals surface area contributed by atoms with Gasteiger partial charge in [-0.05, 0) is 42.5 Å². The molecule has 0 spiro atoms.